The molecule has 4 heterocycles. The highest BCUT2D eigenvalue weighted by Crippen LogP contribution is 2.34. The van der Waals surface area contributed by atoms with Gasteiger partial charge in [-0.1, -0.05) is 5.16 Å². The van der Waals surface area contributed by atoms with Crippen LogP contribution in [-0.4, -0.2) is 51.5 Å². The molecule has 8 heteroatoms. The van der Waals surface area contributed by atoms with Crippen molar-refractivity contribution in [3.05, 3.63) is 17.6 Å². The summed E-state index contributed by atoms with van der Waals surface area (Å²) in [4.78, 5) is 8.99. The van der Waals surface area contributed by atoms with E-state index in [4.69, 9.17) is 4.52 Å². The molecule has 0 saturated carbocycles. The molecule has 0 bridgehead atoms. The number of fused-ring (bicyclic) bond motifs is 1. The number of nitrogens with zero attached hydrogens (tertiary/aromatic N) is 5. The maximum Gasteiger partial charge on any atom is 0.268 e. The summed E-state index contributed by atoms with van der Waals surface area (Å²) in [5, 5.41) is 13.1. The van der Waals surface area contributed by atoms with Gasteiger partial charge in [0.15, 0.2) is 5.82 Å². The van der Waals surface area contributed by atoms with Gasteiger partial charge in [-0.15, -0.1) is 11.3 Å². The van der Waals surface area contributed by atoms with Crippen molar-refractivity contribution in [2.75, 3.05) is 26.7 Å². The Labute approximate surface area is 131 Å². The Kier molecular flexibility index (Phi) is 3.24. The van der Waals surface area contributed by atoms with E-state index in [2.05, 4.69) is 38.6 Å². The van der Waals surface area contributed by atoms with Crippen molar-refractivity contribution in [3.63, 3.8) is 0 Å². The van der Waals surface area contributed by atoms with E-state index < -0.39 is 0 Å². The van der Waals surface area contributed by atoms with Crippen LogP contribution in [0.5, 0.6) is 0 Å². The van der Waals surface area contributed by atoms with Gasteiger partial charge in [0.1, 0.15) is 4.83 Å². The highest BCUT2D eigenvalue weighted by Gasteiger charge is 2.26. The lowest BCUT2D eigenvalue weighted by atomic mass is 10.2. The van der Waals surface area contributed by atoms with Crippen molar-refractivity contribution in [2.24, 2.45) is 7.05 Å². The molecule has 0 aliphatic carbocycles. The monoisotopic (exact) mass is 318 g/mol. The van der Waals surface area contributed by atoms with Crippen LogP contribution >= 0.6 is 11.3 Å². The van der Waals surface area contributed by atoms with Gasteiger partial charge >= 0.3 is 0 Å². The molecule has 1 unspecified atom stereocenters. The van der Waals surface area contributed by atoms with Crippen molar-refractivity contribution in [1.82, 2.24) is 30.1 Å². The zero-order valence-corrected chi connectivity index (χ0v) is 13.6. The largest absolute Gasteiger partial charge is 0.333 e. The zero-order valence-electron chi connectivity index (χ0n) is 12.8. The van der Waals surface area contributed by atoms with Gasteiger partial charge in [0.05, 0.1) is 16.6 Å². The Balaban J connectivity index is 1.69. The minimum atomic E-state index is 0.170. The molecular weight excluding hydrogens is 300 g/mol. The van der Waals surface area contributed by atoms with Gasteiger partial charge in [-0.05, 0) is 20.0 Å². The van der Waals surface area contributed by atoms with Gasteiger partial charge in [0, 0.05) is 32.1 Å². The van der Waals surface area contributed by atoms with E-state index in [0.29, 0.717) is 5.89 Å². The second-order valence-electron chi connectivity index (χ2n) is 5.70. The second kappa shape index (κ2) is 5.15. The van der Waals surface area contributed by atoms with Crippen LogP contribution in [0.4, 0.5) is 0 Å². The van der Waals surface area contributed by atoms with Crippen LogP contribution in [0.3, 0.4) is 0 Å². The normalized spacial score (nSPS) is 20.0. The SMILES string of the molecule is Cc1nn(C)c2sc(-c3nc(C4CNCCN4C)no3)cc12. The molecule has 3 aromatic rings. The number of nitrogens with one attached hydrogen (secondary N) is 1. The maximum absolute atomic E-state index is 5.50. The van der Waals surface area contributed by atoms with Gasteiger partial charge in [0.2, 0.25) is 0 Å². The number of thiophene rings is 1. The van der Waals surface area contributed by atoms with Gasteiger partial charge in [-0.25, -0.2) is 0 Å². The number of aromatic nitrogens is 4. The minimum absolute atomic E-state index is 0.170. The van der Waals surface area contributed by atoms with Crippen LogP contribution in [0.1, 0.15) is 17.6 Å². The summed E-state index contributed by atoms with van der Waals surface area (Å²) in [6.45, 7) is 4.86. The molecular formula is C14H18N6OS. The van der Waals surface area contributed by atoms with Crippen LogP contribution in [0.15, 0.2) is 10.6 Å². The molecule has 0 radical (unpaired) electrons. The van der Waals surface area contributed by atoms with Crippen LogP contribution in [0.2, 0.25) is 0 Å². The topological polar surface area (TPSA) is 72.0 Å². The first-order valence-electron chi connectivity index (χ1n) is 7.31. The first kappa shape index (κ1) is 13.9. The summed E-state index contributed by atoms with van der Waals surface area (Å²) >= 11 is 1.63. The first-order chi connectivity index (χ1) is 10.6. The van der Waals surface area contributed by atoms with Crippen molar-refractivity contribution < 1.29 is 4.52 Å². The predicted octanol–water partition coefficient (Wildman–Crippen LogP) is 1.57. The lowest BCUT2D eigenvalue weighted by molar-refractivity contribution is 0.190. The Morgan fingerprint density at radius 2 is 2.27 bits per heavy atom. The molecule has 7 nitrogen and oxygen atoms in total. The number of rotatable bonds is 2. The molecule has 22 heavy (non-hydrogen) atoms. The highest BCUT2D eigenvalue weighted by molar-refractivity contribution is 7.21. The van der Waals surface area contributed by atoms with E-state index in [9.17, 15) is 0 Å². The fourth-order valence-electron chi connectivity index (χ4n) is 2.88. The van der Waals surface area contributed by atoms with E-state index >= 15 is 0 Å². The van der Waals surface area contributed by atoms with Crippen LogP contribution in [0, 0.1) is 6.92 Å². The highest BCUT2D eigenvalue weighted by atomic mass is 32.1. The fraction of sp³-hybridized carbons (Fsp3) is 0.500. The van der Waals surface area contributed by atoms with Crippen molar-refractivity contribution in [2.45, 2.75) is 13.0 Å². The van der Waals surface area contributed by atoms with E-state index in [1.807, 2.05) is 18.7 Å². The van der Waals surface area contributed by atoms with Crippen LogP contribution < -0.4 is 5.32 Å². The molecule has 1 atom stereocenters. The van der Waals surface area contributed by atoms with Crippen molar-refractivity contribution in [3.8, 4) is 10.8 Å². The Hall–Kier alpha value is -1.77. The molecule has 0 amide bonds. The third-order valence-corrected chi connectivity index (χ3v) is 5.35. The third kappa shape index (κ3) is 2.15. The number of hydrogen-bond donors (Lipinski definition) is 1. The standard InChI is InChI=1S/C14H18N6OS/c1-8-9-6-11(22-14(9)20(3)17-8)13-16-12(18-21-13)10-7-15-4-5-19(10)2/h6,10,15H,4-5,7H2,1-3H3. The minimum Gasteiger partial charge on any atom is -0.333 e. The van der Waals surface area contributed by atoms with Gasteiger partial charge < -0.3 is 9.84 Å². The fourth-order valence-corrected chi connectivity index (χ4v) is 3.92. The smallest absolute Gasteiger partial charge is 0.268 e. The maximum atomic E-state index is 5.50. The molecule has 0 spiro atoms. The number of hydrogen-bond acceptors (Lipinski definition) is 7. The van der Waals surface area contributed by atoms with Crippen LogP contribution in [-0.2, 0) is 7.05 Å². The summed E-state index contributed by atoms with van der Waals surface area (Å²) in [5.41, 5.74) is 1.02. The second-order valence-corrected chi connectivity index (χ2v) is 6.73. The predicted molar refractivity (Wildman–Crippen MR) is 84.9 cm³/mol. The van der Waals surface area contributed by atoms with Crippen molar-refractivity contribution >= 4 is 21.6 Å². The average Bonchev–Trinajstić information content (AvgIpc) is 3.18. The summed E-state index contributed by atoms with van der Waals surface area (Å²) in [5.74, 6) is 1.34. The van der Waals surface area contributed by atoms with E-state index in [0.717, 1.165) is 46.2 Å². The lowest BCUT2D eigenvalue weighted by Gasteiger charge is -2.30. The van der Waals surface area contributed by atoms with Crippen LogP contribution in [0.25, 0.3) is 21.0 Å². The Morgan fingerprint density at radius 1 is 1.41 bits per heavy atom. The number of aryl methyl sites for hydroxylation is 2. The molecule has 116 valence electrons. The molecule has 1 aliphatic rings. The third-order valence-electron chi connectivity index (χ3n) is 4.16. The number of likely N-dealkylation sites (N-methyl/N-ethyl adjacent to an activating group) is 1. The summed E-state index contributed by atoms with van der Waals surface area (Å²) in [7, 11) is 4.05. The molecule has 1 fully saturated rings. The molecule has 0 aromatic carbocycles. The quantitative estimate of drug-likeness (QED) is 0.773. The van der Waals surface area contributed by atoms with Gasteiger partial charge in [-0.3, -0.25) is 9.58 Å². The van der Waals surface area contributed by atoms with E-state index in [1.165, 1.54) is 0 Å². The summed E-state index contributed by atoms with van der Waals surface area (Å²) < 4.78 is 7.39. The number of piperazine rings is 1. The Bertz CT molecular complexity index is 784. The van der Waals surface area contributed by atoms with Gasteiger partial charge in [0.25, 0.3) is 5.89 Å². The van der Waals surface area contributed by atoms with E-state index in [1.54, 1.807) is 11.3 Å². The zero-order chi connectivity index (χ0) is 15.3. The first-order valence-corrected chi connectivity index (χ1v) is 8.13. The van der Waals surface area contributed by atoms with Gasteiger partial charge in [-0.2, -0.15) is 10.1 Å². The summed E-state index contributed by atoms with van der Waals surface area (Å²) in [6, 6.07) is 2.26. The lowest BCUT2D eigenvalue weighted by Crippen LogP contribution is -2.44. The molecule has 1 aliphatic heterocycles. The Morgan fingerprint density at radius 3 is 3.05 bits per heavy atom. The van der Waals surface area contributed by atoms with Crippen molar-refractivity contribution in [1.29, 1.82) is 0 Å². The molecule has 1 saturated heterocycles. The van der Waals surface area contributed by atoms with E-state index in [-0.39, 0.29) is 6.04 Å². The molecule has 3 aromatic heterocycles. The molecule has 4 rings (SSSR count). The summed E-state index contributed by atoms with van der Waals surface area (Å²) in [6.07, 6.45) is 0. The average molecular weight is 318 g/mol. The molecule has 1 N–H and O–H groups in total.